The van der Waals surface area contributed by atoms with Crippen LogP contribution in [-0.4, -0.2) is 39.7 Å². The zero-order chi connectivity index (χ0) is 30.4. The van der Waals surface area contributed by atoms with Gasteiger partial charge in [0.25, 0.3) is 0 Å². The van der Waals surface area contributed by atoms with Crippen molar-refractivity contribution >= 4 is 5.97 Å². The number of halogens is 5. The molecule has 0 unspecified atom stereocenters. The first kappa shape index (κ1) is 27.9. The molecule has 3 saturated carbocycles. The fourth-order valence-corrected chi connectivity index (χ4v) is 6.80. The molecule has 2 atom stereocenters. The lowest BCUT2D eigenvalue weighted by Gasteiger charge is -2.68. The molecule has 8 rings (SSSR count). The molecule has 3 heterocycles. The molecule has 43 heavy (non-hydrogen) atoms. The van der Waals surface area contributed by atoms with Gasteiger partial charge in [-0.05, 0) is 69.2 Å². The number of carbonyl (C=O) groups is 1. The second-order valence-corrected chi connectivity index (χ2v) is 11.6. The first-order valence-electron chi connectivity index (χ1n) is 13.8. The van der Waals surface area contributed by atoms with E-state index in [4.69, 9.17) is 14.2 Å². The molecule has 3 aromatic rings. The molecule has 0 amide bonds. The van der Waals surface area contributed by atoms with Gasteiger partial charge in [0.05, 0.1) is 29.5 Å². The molecule has 4 aliphatic carbocycles. The van der Waals surface area contributed by atoms with Crippen LogP contribution < -0.4 is 14.2 Å². The Labute approximate surface area is 241 Å². The molecular formula is C29H26F5N3O6. The molecule has 0 N–H and O–H groups in total. The van der Waals surface area contributed by atoms with Gasteiger partial charge in [-0.15, -0.1) is 8.78 Å². The highest BCUT2D eigenvalue weighted by atomic mass is 19.4. The van der Waals surface area contributed by atoms with Crippen molar-refractivity contribution in [2.24, 2.45) is 5.41 Å². The Hall–Kier alpha value is -3.94. The van der Waals surface area contributed by atoms with E-state index >= 15 is 0 Å². The monoisotopic (exact) mass is 607 g/mol. The van der Waals surface area contributed by atoms with Crippen molar-refractivity contribution in [1.82, 2.24) is 14.8 Å². The summed E-state index contributed by atoms with van der Waals surface area (Å²) in [6, 6.07) is 7.22. The Balaban J connectivity index is 1.17. The number of hydrogen-bond donors (Lipinski definition) is 0. The molecule has 5 aliphatic rings. The van der Waals surface area contributed by atoms with Crippen molar-refractivity contribution in [3.63, 3.8) is 0 Å². The molecular weight excluding hydrogens is 581 g/mol. The van der Waals surface area contributed by atoms with E-state index in [1.807, 2.05) is 0 Å². The highest BCUT2D eigenvalue weighted by Gasteiger charge is 2.74. The minimum atomic E-state index is -4.68. The van der Waals surface area contributed by atoms with Crippen LogP contribution in [0.3, 0.4) is 0 Å². The Morgan fingerprint density at radius 3 is 2.58 bits per heavy atom. The Kier molecular flexibility index (Phi) is 6.01. The number of benzene rings is 1. The number of fused-ring (bicyclic) bond motifs is 2. The normalized spacial score (nSPS) is 27.0. The highest BCUT2D eigenvalue weighted by molar-refractivity contribution is 5.81. The van der Waals surface area contributed by atoms with Gasteiger partial charge in [-0.2, -0.15) is 18.3 Å². The average Bonchev–Trinajstić information content (AvgIpc) is 3.46. The van der Waals surface area contributed by atoms with Crippen molar-refractivity contribution < 1.29 is 50.4 Å². The fraction of sp³-hybridized carbons (Fsp3) is 0.483. The minimum absolute atomic E-state index is 0.0820. The third-order valence-electron chi connectivity index (χ3n) is 8.64. The lowest BCUT2D eigenvalue weighted by Crippen LogP contribution is -2.71. The van der Waals surface area contributed by atoms with Crippen LogP contribution >= 0.6 is 0 Å². The van der Waals surface area contributed by atoms with Crippen molar-refractivity contribution in [2.45, 2.75) is 75.7 Å². The van der Waals surface area contributed by atoms with Crippen LogP contribution in [-0.2, 0) is 26.9 Å². The lowest BCUT2D eigenvalue weighted by atomic mass is 9.41. The van der Waals surface area contributed by atoms with Gasteiger partial charge in [-0.25, -0.2) is 9.67 Å². The number of aromatic nitrogens is 3. The van der Waals surface area contributed by atoms with Gasteiger partial charge in [0, 0.05) is 17.8 Å². The summed E-state index contributed by atoms with van der Waals surface area (Å²) in [5.74, 6) is -0.460. The Morgan fingerprint density at radius 1 is 1.12 bits per heavy atom. The standard InChI is InChI=1S/C29H26F5N3O6/c1-15(16-6-7-19-21(10-16)43-29(33,34)42-19)40-22-11-17(8-9-35-22)37-23-18(24(36-37)28(30,31)32)4-3-5-20(23)41-27-12-26(13-27,14-27)25(38)39-2/h6-11,15,20H,3-5,12-14H2,1-2H3/t15-,20-,26?,27?/m0/s1. The zero-order valence-corrected chi connectivity index (χ0v) is 23.0. The first-order valence-corrected chi connectivity index (χ1v) is 13.8. The highest BCUT2D eigenvalue weighted by Crippen LogP contribution is 2.70. The summed E-state index contributed by atoms with van der Waals surface area (Å²) in [5.41, 5.74) is -0.925. The maximum absolute atomic E-state index is 14.1. The lowest BCUT2D eigenvalue weighted by molar-refractivity contribution is -0.301. The summed E-state index contributed by atoms with van der Waals surface area (Å²) in [6.07, 6.45) is -5.80. The van der Waals surface area contributed by atoms with Crippen molar-refractivity contribution in [3.05, 3.63) is 59.0 Å². The van der Waals surface area contributed by atoms with Crippen LogP contribution in [0.1, 0.15) is 73.8 Å². The Morgan fingerprint density at radius 2 is 1.86 bits per heavy atom. The van der Waals surface area contributed by atoms with E-state index in [-0.39, 0.29) is 41.0 Å². The summed E-state index contributed by atoms with van der Waals surface area (Å²) < 4.78 is 96.8. The molecule has 2 aromatic heterocycles. The van der Waals surface area contributed by atoms with Crippen molar-refractivity contribution in [1.29, 1.82) is 0 Å². The quantitative estimate of drug-likeness (QED) is 0.230. The summed E-state index contributed by atoms with van der Waals surface area (Å²) >= 11 is 0. The van der Waals surface area contributed by atoms with Crippen LogP contribution in [0.25, 0.3) is 5.69 Å². The molecule has 0 saturated heterocycles. The van der Waals surface area contributed by atoms with E-state index in [0.717, 1.165) is 0 Å². The van der Waals surface area contributed by atoms with E-state index in [9.17, 15) is 26.7 Å². The second kappa shape index (κ2) is 9.28. The molecule has 1 aliphatic heterocycles. The molecule has 1 aromatic carbocycles. The number of esters is 1. The van der Waals surface area contributed by atoms with Crippen LogP contribution in [0.2, 0.25) is 0 Å². The van der Waals surface area contributed by atoms with Crippen LogP contribution in [0.15, 0.2) is 36.5 Å². The van der Waals surface area contributed by atoms with Gasteiger partial charge in [0.2, 0.25) is 5.88 Å². The molecule has 228 valence electrons. The minimum Gasteiger partial charge on any atom is -0.470 e. The van der Waals surface area contributed by atoms with E-state index in [1.54, 1.807) is 6.92 Å². The number of pyridine rings is 1. The largest absolute Gasteiger partial charge is 0.586 e. The van der Waals surface area contributed by atoms with Gasteiger partial charge in [0.1, 0.15) is 12.2 Å². The summed E-state index contributed by atoms with van der Waals surface area (Å²) in [6.45, 7) is 1.66. The zero-order valence-electron chi connectivity index (χ0n) is 23.0. The fourth-order valence-electron chi connectivity index (χ4n) is 6.80. The summed E-state index contributed by atoms with van der Waals surface area (Å²) in [4.78, 5) is 16.3. The molecule has 0 spiro atoms. The van der Waals surface area contributed by atoms with Crippen molar-refractivity contribution in [2.75, 3.05) is 7.11 Å². The van der Waals surface area contributed by atoms with Gasteiger partial charge in [0.15, 0.2) is 17.2 Å². The predicted octanol–water partition coefficient (Wildman–Crippen LogP) is 6.24. The molecule has 14 heteroatoms. The summed E-state index contributed by atoms with van der Waals surface area (Å²) in [5, 5.41) is 4.01. The maximum Gasteiger partial charge on any atom is 0.586 e. The SMILES string of the molecule is COC(=O)C12CC(O[C@H]3CCCc4c(C(F)(F)F)nn(-c5ccnc(O[C@@H](C)c6ccc7c(c6)OC(F)(F)O7)c5)c43)(C1)C2. The van der Waals surface area contributed by atoms with Crippen LogP contribution in [0.5, 0.6) is 17.4 Å². The maximum atomic E-state index is 14.1. The van der Waals surface area contributed by atoms with E-state index in [1.165, 1.54) is 48.3 Å². The third-order valence-corrected chi connectivity index (χ3v) is 8.64. The molecule has 2 bridgehead atoms. The van der Waals surface area contributed by atoms with Gasteiger partial charge in [-0.1, -0.05) is 6.07 Å². The molecule has 3 fully saturated rings. The van der Waals surface area contributed by atoms with Gasteiger partial charge < -0.3 is 23.7 Å². The van der Waals surface area contributed by atoms with Gasteiger partial charge in [-0.3, -0.25) is 4.79 Å². The van der Waals surface area contributed by atoms with E-state index in [2.05, 4.69) is 19.6 Å². The smallest absolute Gasteiger partial charge is 0.470 e. The van der Waals surface area contributed by atoms with E-state index < -0.39 is 41.4 Å². The second-order valence-electron chi connectivity index (χ2n) is 11.6. The van der Waals surface area contributed by atoms with Crippen LogP contribution in [0.4, 0.5) is 22.0 Å². The first-order chi connectivity index (χ1) is 20.3. The topological polar surface area (TPSA) is 93.9 Å². The third kappa shape index (κ3) is 4.57. The van der Waals surface area contributed by atoms with E-state index in [0.29, 0.717) is 43.4 Å². The number of methoxy groups -OCH3 is 1. The number of ether oxygens (including phenoxy) is 5. The average molecular weight is 608 g/mol. The Bertz CT molecular complexity index is 1600. The number of carbonyl (C=O) groups excluding carboxylic acids is 1. The molecule has 9 nitrogen and oxygen atoms in total. The summed E-state index contributed by atoms with van der Waals surface area (Å²) in [7, 11) is 1.34. The van der Waals surface area contributed by atoms with Gasteiger partial charge >= 0.3 is 18.4 Å². The number of rotatable bonds is 7. The number of hydrogen-bond acceptors (Lipinski definition) is 8. The van der Waals surface area contributed by atoms with Crippen LogP contribution in [0, 0.1) is 5.41 Å². The van der Waals surface area contributed by atoms with Crippen molar-refractivity contribution in [3.8, 4) is 23.1 Å². The number of nitrogens with zero attached hydrogens (tertiary/aromatic N) is 3. The molecule has 0 radical (unpaired) electrons. The predicted molar refractivity (Wildman–Crippen MR) is 136 cm³/mol. The number of alkyl halides is 5.